The molecule has 0 unspecified atom stereocenters. The molecule has 58 valence electrons. The van der Waals surface area contributed by atoms with Crippen molar-refractivity contribution in [2.24, 2.45) is 5.16 Å². The van der Waals surface area contributed by atoms with E-state index in [0.717, 1.165) is 12.1 Å². The second kappa shape index (κ2) is 3.71. The van der Waals surface area contributed by atoms with Crippen LogP contribution < -0.4 is 4.57 Å². The molecule has 3 nitrogen and oxygen atoms in total. The molecule has 1 heterocycles. The maximum atomic E-state index is 8.24. The van der Waals surface area contributed by atoms with Gasteiger partial charge in [0.15, 0.2) is 12.4 Å². The highest BCUT2D eigenvalue weighted by atomic mass is 16.4. The molecule has 0 saturated heterocycles. The van der Waals surface area contributed by atoms with Crippen LogP contribution in [0.2, 0.25) is 0 Å². The highest BCUT2D eigenvalue weighted by Crippen LogP contribution is 1.88. The van der Waals surface area contributed by atoms with Gasteiger partial charge in [0.1, 0.15) is 6.54 Å². The number of aryl methyl sites for hydroxylation is 1. The average molecular weight is 151 g/mol. The summed E-state index contributed by atoms with van der Waals surface area (Å²) in [5.74, 6) is 0. The van der Waals surface area contributed by atoms with E-state index in [1.165, 1.54) is 6.21 Å². The molecular weight excluding hydrogens is 140 g/mol. The fourth-order valence-corrected chi connectivity index (χ4v) is 0.882. The second-order valence-corrected chi connectivity index (χ2v) is 2.21. The van der Waals surface area contributed by atoms with Crippen LogP contribution >= 0.6 is 0 Å². The van der Waals surface area contributed by atoms with Crippen LogP contribution in [0.4, 0.5) is 0 Å². The number of hydrogen-bond donors (Lipinski definition) is 1. The van der Waals surface area contributed by atoms with Crippen molar-refractivity contribution in [2.75, 3.05) is 0 Å². The zero-order valence-electron chi connectivity index (χ0n) is 6.44. The Kier molecular flexibility index (Phi) is 2.60. The molecule has 0 aliphatic carbocycles. The first-order chi connectivity index (χ1) is 5.36. The van der Waals surface area contributed by atoms with Gasteiger partial charge in [-0.1, -0.05) is 5.16 Å². The maximum absolute atomic E-state index is 8.24. The minimum absolute atomic E-state index is 0.900. The number of aromatic nitrogens is 1. The lowest BCUT2D eigenvalue weighted by Crippen LogP contribution is -2.31. The topological polar surface area (TPSA) is 36.5 Å². The van der Waals surface area contributed by atoms with Crippen LogP contribution in [-0.4, -0.2) is 11.4 Å². The van der Waals surface area contributed by atoms with E-state index in [9.17, 15) is 0 Å². The quantitative estimate of drug-likeness (QED) is 0.288. The summed E-state index contributed by atoms with van der Waals surface area (Å²) in [7, 11) is 0. The lowest BCUT2D eigenvalue weighted by molar-refractivity contribution is -0.693. The van der Waals surface area contributed by atoms with Gasteiger partial charge in [-0.3, -0.25) is 0 Å². The monoisotopic (exact) mass is 151 g/mol. The molecule has 11 heavy (non-hydrogen) atoms. The third kappa shape index (κ3) is 2.04. The molecule has 1 N–H and O–H groups in total. The number of pyridine rings is 1. The third-order valence-electron chi connectivity index (χ3n) is 1.45. The molecule has 0 radical (unpaired) electrons. The Hall–Kier alpha value is -1.38. The molecule has 1 aromatic heterocycles. The Balaban J connectivity index is 2.91. The first-order valence-corrected chi connectivity index (χ1v) is 3.53. The minimum atomic E-state index is 0.900. The Morgan fingerprint density at radius 1 is 1.73 bits per heavy atom. The van der Waals surface area contributed by atoms with Gasteiger partial charge < -0.3 is 5.21 Å². The van der Waals surface area contributed by atoms with E-state index in [1.54, 1.807) is 0 Å². The van der Waals surface area contributed by atoms with Gasteiger partial charge in [-0.15, -0.1) is 0 Å². The van der Waals surface area contributed by atoms with E-state index < -0.39 is 0 Å². The summed E-state index contributed by atoms with van der Waals surface area (Å²) < 4.78 is 2.01. The summed E-state index contributed by atoms with van der Waals surface area (Å²) >= 11 is 0. The van der Waals surface area contributed by atoms with Gasteiger partial charge in [-0.2, -0.15) is 0 Å². The molecule has 0 aromatic carbocycles. The molecule has 0 spiro atoms. The number of rotatable bonds is 2. The van der Waals surface area contributed by atoms with Crippen LogP contribution in [0.25, 0.3) is 0 Å². The molecule has 1 aromatic rings. The van der Waals surface area contributed by atoms with E-state index >= 15 is 0 Å². The van der Waals surface area contributed by atoms with Gasteiger partial charge in [0, 0.05) is 6.07 Å². The van der Waals surface area contributed by atoms with Crippen molar-refractivity contribution < 1.29 is 9.77 Å². The summed E-state index contributed by atoms with van der Waals surface area (Å²) in [6, 6.07) is 3.80. The Labute approximate surface area is 65.6 Å². The predicted molar refractivity (Wildman–Crippen MR) is 41.7 cm³/mol. The van der Waals surface area contributed by atoms with Gasteiger partial charge >= 0.3 is 0 Å². The fourth-order valence-electron chi connectivity index (χ4n) is 0.882. The summed E-state index contributed by atoms with van der Waals surface area (Å²) in [4.78, 5) is 0. The van der Waals surface area contributed by atoms with Gasteiger partial charge in [-0.05, 0) is 13.0 Å². The van der Waals surface area contributed by atoms with Crippen LogP contribution in [0.5, 0.6) is 0 Å². The summed E-state index contributed by atoms with van der Waals surface area (Å²) in [6.07, 6.45) is 5.29. The Bertz CT molecular complexity index is 258. The first kappa shape index (κ1) is 7.72. The normalized spacial score (nSPS) is 10.6. The molecule has 0 bridgehead atoms. The lowest BCUT2D eigenvalue weighted by atomic mass is 10.3. The molecule has 0 fully saturated rings. The number of oxime groups is 1. The molecule has 0 amide bonds. The van der Waals surface area contributed by atoms with Gasteiger partial charge in [0.2, 0.25) is 0 Å². The molecule has 1 rings (SSSR count). The third-order valence-corrected chi connectivity index (χ3v) is 1.45. The van der Waals surface area contributed by atoms with Crippen LogP contribution in [0.1, 0.15) is 12.5 Å². The Morgan fingerprint density at radius 2 is 2.55 bits per heavy atom. The number of nitrogens with zero attached hydrogens (tertiary/aromatic N) is 2. The molecule has 0 saturated carbocycles. The smallest absolute Gasteiger partial charge is 0.177 e. The Morgan fingerprint density at radius 3 is 3.18 bits per heavy atom. The van der Waals surface area contributed by atoms with Crippen molar-refractivity contribution in [1.29, 1.82) is 0 Å². The summed E-state index contributed by atoms with van der Waals surface area (Å²) in [5, 5.41) is 11.2. The lowest BCUT2D eigenvalue weighted by Gasteiger charge is -1.90. The van der Waals surface area contributed by atoms with E-state index in [0.29, 0.717) is 0 Å². The van der Waals surface area contributed by atoms with Gasteiger partial charge in [0.05, 0.1) is 11.8 Å². The van der Waals surface area contributed by atoms with E-state index in [1.807, 2.05) is 29.1 Å². The highest BCUT2D eigenvalue weighted by Gasteiger charge is 1.95. The van der Waals surface area contributed by atoms with Crippen molar-refractivity contribution >= 4 is 6.21 Å². The molecule has 3 heteroatoms. The van der Waals surface area contributed by atoms with Crippen molar-refractivity contribution in [3.05, 3.63) is 30.1 Å². The first-order valence-electron chi connectivity index (χ1n) is 3.53. The maximum Gasteiger partial charge on any atom is 0.177 e. The SMILES string of the molecule is CC[n+]1cccc(C=NO)c1. The second-order valence-electron chi connectivity index (χ2n) is 2.21. The van der Waals surface area contributed by atoms with E-state index in [2.05, 4.69) is 12.1 Å². The molecular formula is C8H11N2O+. The average Bonchev–Trinajstić information content (AvgIpc) is 2.06. The van der Waals surface area contributed by atoms with E-state index in [-0.39, 0.29) is 0 Å². The molecule has 0 aliphatic rings. The summed E-state index contributed by atoms with van der Waals surface area (Å²) in [6.45, 7) is 2.98. The fraction of sp³-hybridized carbons (Fsp3) is 0.250. The van der Waals surface area contributed by atoms with Crippen LogP contribution in [0, 0.1) is 0 Å². The van der Waals surface area contributed by atoms with Crippen molar-refractivity contribution in [1.82, 2.24) is 0 Å². The van der Waals surface area contributed by atoms with Gasteiger partial charge in [0.25, 0.3) is 0 Å². The van der Waals surface area contributed by atoms with Crippen molar-refractivity contribution in [3.63, 3.8) is 0 Å². The number of hydrogen-bond acceptors (Lipinski definition) is 2. The van der Waals surface area contributed by atoms with Crippen molar-refractivity contribution in [2.45, 2.75) is 13.5 Å². The minimum Gasteiger partial charge on any atom is -0.411 e. The van der Waals surface area contributed by atoms with Crippen molar-refractivity contribution in [3.8, 4) is 0 Å². The molecule has 0 atom stereocenters. The molecule has 0 aliphatic heterocycles. The zero-order chi connectivity index (χ0) is 8.10. The van der Waals surface area contributed by atoms with Crippen LogP contribution in [-0.2, 0) is 6.54 Å². The van der Waals surface area contributed by atoms with Crippen LogP contribution in [0.3, 0.4) is 0 Å². The highest BCUT2D eigenvalue weighted by molar-refractivity contribution is 5.77. The van der Waals surface area contributed by atoms with Gasteiger partial charge in [-0.25, -0.2) is 4.57 Å². The van der Waals surface area contributed by atoms with Crippen LogP contribution in [0.15, 0.2) is 29.7 Å². The van der Waals surface area contributed by atoms with E-state index in [4.69, 9.17) is 5.21 Å². The standard InChI is InChI=1S/C8H10N2O/c1-2-10-5-3-4-8(7-10)6-9-11/h3-7H,2H2,1H3/p+1. The predicted octanol–water partition coefficient (Wildman–Crippen LogP) is 0.802. The zero-order valence-corrected chi connectivity index (χ0v) is 6.44. The largest absolute Gasteiger partial charge is 0.411 e. The summed E-state index contributed by atoms with van der Waals surface area (Å²) in [5.41, 5.74) is 0.900.